The Morgan fingerprint density at radius 3 is 2.71 bits per heavy atom. The predicted molar refractivity (Wildman–Crippen MR) is 83.7 cm³/mol. The molecule has 0 atom stereocenters. The van der Waals surface area contributed by atoms with Gasteiger partial charge in [-0.1, -0.05) is 12.1 Å². The van der Waals surface area contributed by atoms with Crippen molar-refractivity contribution in [1.29, 1.82) is 0 Å². The first-order valence-corrected chi connectivity index (χ1v) is 7.42. The summed E-state index contributed by atoms with van der Waals surface area (Å²) < 4.78 is 5.69. The summed E-state index contributed by atoms with van der Waals surface area (Å²) >= 11 is 1.58. The maximum atomic E-state index is 9.01. The Kier molecular flexibility index (Phi) is 3.98. The van der Waals surface area contributed by atoms with E-state index in [-0.39, 0.29) is 6.61 Å². The number of anilines is 1. The fraction of sp³-hybridized carbons (Fsp3) is 0.200. The molecule has 0 amide bonds. The SMILES string of the molecule is CNc1nc(COc2ccc(CO)cc2)nc2sccc12. The molecule has 0 aliphatic heterocycles. The molecule has 0 spiro atoms. The van der Waals surface area contributed by atoms with Crippen molar-refractivity contribution in [3.05, 3.63) is 47.1 Å². The van der Waals surface area contributed by atoms with Gasteiger partial charge in [0.15, 0.2) is 5.82 Å². The number of fused-ring (bicyclic) bond motifs is 1. The van der Waals surface area contributed by atoms with Crippen molar-refractivity contribution in [3.8, 4) is 5.75 Å². The van der Waals surface area contributed by atoms with Crippen molar-refractivity contribution in [1.82, 2.24) is 9.97 Å². The third-order valence-corrected chi connectivity index (χ3v) is 3.89. The molecule has 0 bridgehead atoms. The van der Waals surface area contributed by atoms with Crippen LogP contribution in [0.15, 0.2) is 35.7 Å². The number of aliphatic hydroxyl groups excluding tert-OH is 1. The van der Waals surface area contributed by atoms with Crippen LogP contribution in [0.25, 0.3) is 10.2 Å². The van der Waals surface area contributed by atoms with Crippen molar-refractivity contribution in [2.24, 2.45) is 0 Å². The normalized spacial score (nSPS) is 10.8. The second-order valence-electron chi connectivity index (χ2n) is 4.47. The summed E-state index contributed by atoms with van der Waals surface area (Å²) in [5.74, 6) is 2.18. The smallest absolute Gasteiger partial charge is 0.169 e. The van der Waals surface area contributed by atoms with Crippen LogP contribution in [0.5, 0.6) is 5.75 Å². The van der Waals surface area contributed by atoms with E-state index in [9.17, 15) is 0 Å². The molecule has 3 rings (SSSR count). The molecule has 5 nitrogen and oxygen atoms in total. The Balaban J connectivity index is 1.77. The second-order valence-corrected chi connectivity index (χ2v) is 5.36. The minimum atomic E-state index is 0.0317. The van der Waals surface area contributed by atoms with Crippen LogP contribution < -0.4 is 10.1 Å². The number of nitrogens with one attached hydrogen (secondary N) is 1. The zero-order valence-electron chi connectivity index (χ0n) is 11.5. The molecule has 21 heavy (non-hydrogen) atoms. The number of aliphatic hydroxyl groups is 1. The molecule has 0 aliphatic rings. The average molecular weight is 301 g/mol. The second kappa shape index (κ2) is 6.07. The van der Waals surface area contributed by atoms with Gasteiger partial charge in [0.2, 0.25) is 0 Å². The van der Waals surface area contributed by atoms with Gasteiger partial charge in [0, 0.05) is 7.05 Å². The Hall–Kier alpha value is -2.18. The summed E-state index contributed by atoms with van der Waals surface area (Å²) in [4.78, 5) is 9.90. The van der Waals surface area contributed by atoms with Gasteiger partial charge in [-0.25, -0.2) is 9.97 Å². The molecular formula is C15H15N3O2S. The van der Waals surface area contributed by atoms with Crippen molar-refractivity contribution < 1.29 is 9.84 Å². The molecule has 0 unspecified atom stereocenters. The number of benzene rings is 1. The first-order chi connectivity index (χ1) is 10.3. The van der Waals surface area contributed by atoms with Gasteiger partial charge >= 0.3 is 0 Å². The Morgan fingerprint density at radius 2 is 2.00 bits per heavy atom. The lowest BCUT2D eigenvalue weighted by Gasteiger charge is -2.08. The Labute approximate surface area is 126 Å². The van der Waals surface area contributed by atoms with Crippen molar-refractivity contribution in [3.63, 3.8) is 0 Å². The molecule has 3 aromatic rings. The van der Waals surface area contributed by atoms with Gasteiger partial charge in [-0.2, -0.15) is 0 Å². The molecule has 0 radical (unpaired) electrons. The molecule has 0 fully saturated rings. The van der Waals surface area contributed by atoms with Crippen LogP contribution in [0, 0.1) is 0 Å². The zero-order chi connectivity index (χ0) is 14.7. The van der Waals surface area contributed by atoms with Gasteiger partial charge in [0.1, 0.15) is 23.0 Å². The summed E-state index contributed by atoms with van der Waals surface area (Å²) in [7, 11) is 1.84. The van der Waals surface area contributed by atoms with Gasteiger partial charge in [-0.3, -0.25) is 0 Å². The predicted octanol–water partition coefficient (Wildman–Crippen LogP) is 2.80. The van der Waals surface area contributed by atoms with E-state index >= 15 is 0 Å². The lowest BCUT2D eigenvalue weighted by atomic mass is 10.2. The fourth-order valence-corrected chi connectivity index (χ4v) is 2.78. The number of rotatable bonds is 5. The van der Waals surface area contributed by atoms with Crippen molar-refractivity contribution >= 4 is 27.4 Å². The number of hydrogen-bond acceptors (Lipinski definition) is 6. The Morgan fingerprint density at radius 1 is 1.19 bits per heavy atom. The molecule has 6 heteroatoms. The quantitative estimate of drug-likeness (QED) is 0.758. The summed E-state index contributed by atoms with van der Waals surface area (Å²) in [5, 5.41) is 15.1. The van der Waals surface area contributed by atoms with E-state index in [1.807, 2.05) is 42.8 Å². The van der Waals surface area contributed by atoms with Gasteiger partial charge in [0.25, 0.3) is 0 Å². The van der Waals surface area contributed by atoms with Crippen LogP contribution in [0.1, 0.15) is 11.4 Å². The highest BCUT2D eigenvalue weighted by atomic mass is 32.1. The van der Waals surface area contributed by atoms with Crippen LogP contribution in [0.3, 0.4) is 0 Å². The zero-order valence-corrected chi connectivity index (χ0v) is 12.4. The number of aromatic nitrogens is 2. The molecule has 0 saturated carbocycles. The average Bonchev–Trinajstić information content (AvgIpc) is 3.01. The maximum absolute atomic E-state index is 9.01. The van der Waals surface area contributed by atoms with E-state index in [2.05, 4.69) is 15.3 Å². The highest BCUT2D eigenvalue weighted by molar-refractivity contribution is 7.16. The first-order valence-electron chi connectivity index (χ1n) is 6.54. The highest BCUT2D eigenvalue weighted by Gasteiger charge is 2.08. The van der Waals surface area contributed by atoms with Crippen molar-refractivity contribution in [2.45, 2.75) is 13.2 Å². The molecular weight excluding hydrogens is 286 g/mol. The maximum Gasteiger partial charge on any atom is 0.169 e. The highest BCUT2D eigenvalue weighted by Crippen LogP contribution is 2.25. The van der Waals surface area contributed by atoms with E-state index in [0.29, 0.717) is 12.4 Å². The molecule has 2 heterocycles. The minimum Gasteiger partial charge on any atom is -0.486 e. The third kappa shape index (κ3) is 2.96. The molecule has 1 aromatic carbocycles. The van der Waals surface area contributed by atoms with Gasteiger partial charge in [-0.05, 0) is 29.1 Å². The van der Waals surface area contributed by atoms with Crippen molar-refractivity contribution in [2.75, 3.05) is 12.4 Å². The lowest BCUT2D eigenvalue weighted by Crippen LogP contribution is -2.04. The fourth-order valence-electron chi connectivity index (χ4n) is 1.99. The number of hydrogen-bond donors (Lipinski definition) is 2. The number of nitrogens with zero attached hydrogens (tertiary/aromatic N) is 2. The number of ether oxygens (including phenoxy) is 1. The molecule has 108 valence electrons. The standard InChI is InChI=1S/C15H15N3O2S/c1-16-14-12-6-7-21-15(12)18-13(17-14)9-20-11-4-2-10(8-19)3-5-11/h2-7,19H,8-9H2,1H3,(H,16,17,18). The largest absolute Gasteiger partial charge is 0.486 e. The molecule has 2 aromatic heterocycles. The summed E-state index contributed by atoms with van der Waals surface area (Å²) in [6, 6.07) is 9.32. The van der Waals surface area contributed by atoms with Gasteiger partial charge in [0.05, 0.1) is 12.0 Å². The van der Waals surface area contributed by atoms with Gasteiger partial charge < -0.3 is 15.2 Å². The van der Waals surface area contributed by atoms with E-state index in [1.165, 1.54) is 0 Å². The monoisotopic (exact) mass is 301 g/mol. The first kappa shape index (κ1) is 13.8. The lowest BCUT2D eigenvalue weighted by molar-refractivity contribution is 0.280. The van der Waals surface area contributed by atoms with Crippen LogP contribution in [-0.2, 0) is 13.2 Å². The molecule has 2 N–H and O–H groups in total. The Bertz CT molecular complexity index is 740. The van der Waals surface area contributed by atoms with Crippen LogP contribution >= 0.6 is 11.3 Å². The van der Waals surface area contributed by atoms with Crippen LogP contribution in [0.4, 0.5) is 5.82 Å². The number of thiophene rings is 1. The minimum absolute atomic E-state index is 0.0317. The third-order valence-electron chi connectivity index (χ3n) is 3.08. The van der Waals surface area contributed by atoms with Crippen LogP contribution in [0.2, 0.25) is 0 Å². The molecule has 0 saturated heterocycles. The van der Waals surface area contributed by atoms with Crippen LogP contribution in [-0.4, -0.2) is 22.1 Å². The summed E-state index contributed by atoms with van der Waals surface area (Å²) in [6.45, 7) is 0.338. The van der Waals surface area contributed by atoms with Gasteiger partial charge in [-0.15, -0.1) is 11.3 Å². The van der Waals surface area contributed by atoms with E-state index in [0.717, 1.165) is 27.3 Å². The topological polar surface area (TPSA) is 67.3 Å². The summed E-state index contributed by atoms with van der Waals surface area (Å²) in [5.41, 5.74) is 0.857. The van der Waals surface area contributed by atoms with E-state index in [1.54, 1.807) is 11.3 Å². The summed E-state index contributed by atoms with van der Waals surface area (Å²) in [6.07, 6.45) is 0. The van der Waals surface area contributed by atoms with E-state index < -0.39 is 0 Å². The van der Waals surface area contributed by atoms with E-state index in [4.69, 9.17) is 9.84 Å². The molecule has 0 aliphatic carbocycles.